The molecule has 0 aliphatic heterocycles. The Morgan fingerprint density at radius 2 is 2.07 bits per heavy atom. The minimum absolute atomic E-state index is 0.0599. The van der Waals surface area contributed by atoms with E-state index in [1.54, 1.807) is 7.11 Å². The van der Waals surface area contributed by atoms with Crippen LogP contribution in [0.15, 0.2) is 0 Å². The quantitative estimate of drug-likeness (QED) is 0.497. The van der Waals surface area contributed by atoms with Crippen LogP contribution < -0.4 is 11.1 Å². The predicted molar refractivity (Wildman–Crippen MR) is 54.0 cm³/mol. The van der Waals surface area contributed by atoms with Crippen LogP contribution in [0.2, 0.25) is 0 Å². The number of rotatable bonds is 9. The van der Waals surface area contributed by atoms with Crippen LogP contribution in [0.1, 0.15) is 12.8 Å². The lowest BCUT2D eigenvalue weighted by molar-refractivity contribution is -0.119. The summed E-state index contributed by atoms with van der Waals surface area (Å²) >= 11 is 0. The first-order chi connectivity index (χ1) is 6.81. The van der Waals surface area contributed by atoms with Crippen LogP contribution >= 0.6 is 0 Å². The molecule has 0 aliphatic rings. The Hall–Kier alpha value is -0.650. The fraction of sp³-hybridized carbons (Fsp3) is 0.889. The molecule has 0 unspecified atom stereocenters. The zero-order valence-electron chi connectivity index (χ0n) is 8.75. The Labute approximate surface area is 84.9 Å². The van der Waals surface area contributed by atoms with E-state index in [9.17, 15) is 4.79 Å². The lowest BCUT2D eigenvalue weighted by atomic mass is 10.3. The van der Waals surface area contributed by atoms with Crippen LogP contribution in [0.3, 0.4) is 0 Å². The first kappa shape index (κ1) is 13.4. The van der Waals surface area contributed by atoms with E-state index in [1.807, 2.05) is 0 Å². The lowest BCUT2D eigenvalue weighted by Crippen LogP contribution is -2.31. The summed E-state index contributed by atoms with van der Waals surface area (Å²) in [6.07, 6.45) is 1.85. The minimum Gasteiger partial charge on any atom is -0.382 e. The van der Waals surface area contributed by atoms with Crippen molar-refractivity contribution < 1.29 is 14.3 Å². The Bertz CT molecular complexity index is 142. The van der Waals surface area contributed by atoms with Crippen molar-refractivity contribution in [2.75, 3.05) is 40.0 Å². The van der Waals surface area contributed by atoms with E-state index < -0.39 is 0 Å². The second kappa shape index (κ2) is 10.4. The molecule has 5 nitrogen and oxygen atoms in total. The van der Waals surface area contributed by atoms with Crippen molar-refractivity contribution in [3.05, 3.63) is 0 Å². The van der Waals surface area contributed by atoms with Crippen molar-refractivity contribution >= 4 is 5.91 Å². The monoisotopic (exact) mass is 204 g/mol. The Balaban J connectivity index is 2.95. The van der Waals surface area contributed by atoms with Gasteiger partial charge >= 0.3 is 0 Å². The lowest BCUT2D eigenvalue weighted by Gasteiger charge is -2.04. The van der Waals surface area contributed by atoms with Crippen molar-refractivity contribution in [3.8, 4) is 0 Å². The van der Waals surface area contributed by atoms with Crippen LogP contribution in [-0.4, -0.2) is 45.9 Å². The fourth-order valence-electron chi connectivity index (χ4n) is 0.873. The first-order valence-corrected chi connectivity index (χ1v) is 4.84. The number of carbonyl (C=O) groups excluding carboxylic acids is 1. The highest BCUT2D eigenvalue weighted by molar-refractivity contribution is 5.77. The molecule has 0 aromatic carbocycles. The van der Waals surface area contributed by atoms with Gasteiger partial charge in [0, 0.05) is 20.3 Å². The van der Waals surface area contributed by atoms with Gasteiger partial charge in [-0.15, -0.1) is 0 Å². The van der Waals surface area contributed by atoms with Crippen LogP contribution in [-0.2, 0) is 14.3 Å². The second-order valence-corrected chi connectivity index (χ2v) is 2.87. The third-order valence-corrected chi connectivity index (χ3v) is 1.65. The van der Waals surface area contributed by atoms with Gasteiger partial charge in [0.25, 0.3) is 0 Å². The summed E-state index contributed by atoms with van der Waals surface area (Å²) in [7, 11) is 1.64. The normalized spacial score (nSPS) is 10.1. The van der Waals surface area contributed by atoms with Crippen molar-refractivity contribution in [2.24, 2.45) is 5.73 Å². The largest absolute Gasteiger partial charge is 0.382 e. The fourth-order valence-corrected chi connectivity index (χ4v) is 0.873. The van der Waals surface area contributed by atoms with Crippen LogP contribution in [0.25, 0.3) is 0 Å². The molecule has 0 aromatic heterocycles. The summed E-state index contributed by atoms with van der Waals surface area (Å²) in [6.45, 7) is 2.70. The van der Waals surface area contributed by atoms with Crippen molar-refractivity contribution in [1.82, 2.24) is 5.32 Å². The van der Waals surface area contributed by atoms with Gasteiger partial charge in [0.1, 0.15) is 0 Å². The number of ether oxygens (including phenoxy) is 2. The summed E-state index contributed by atoms with van der Waals surface area (Å²) in [6, 6.07) is 0. The zero-order valence-corrected chi connectivity index (χ0v) is 8.75. The van der Waals surface area contributed by atoms with Crippen LogP contribution in [0, 0.1) is 0 Å². The highest BCUT2D eigenvalue weighted by Gasteiger charge is 1.95. The zero-order chi connectivity index (χ0) is 10.6. The van der Waals surface area contributed by atoms with Gasteiger partial charge < -0.3 is 20.5 Å². The number of amides is 1. The topological polar surface area (TPSA) is 73.6 Å². The average Bonchev–Trinajstić information content (AvgIpc) is 2.21. The molecule has 14 heavy (non-hydrogen) atoms. The van der Waals surface area contributed by atoms with E-state index in [0.29, 0.717) is 26.4 Å². The number of hydrogen-bond donors (Lipinski definition) is 2. The Kier molecular flexibility index (Phi) is 9.95. The van der Waals surface area contributed by atoms with Crippen molar-refractivity contribution in [2.45, 2.75) is 12.8 Å². The van der Waals surface area contributed by atoms with E-state index in [4.69, 9.17) is 15.2 Å². The molecule has 0 radical (unpaired) electrons. The molecule has 0 heterocycles. The molecule has 84 valence electrons. The molecule has 3 N–H and O–H groups in total. The molecule has 0 rings (SSSR count). The number of hydrogen-bond acceptors (Lipinski definition) is 4. The van der Waals surface area contributed by atoms with Gasteiger partial charge in [0.05, 0.1) is 19.8 Å². The number of nitrogens with one attached hydrogen (secondary N) is 1. The molecule has 0 bridgehead atoms. The molecule has 0 fully saturated rings. The van der Waals surface area contributed by atoms with E-state index in [2.05, 4.69) is 5.32 Å². The van der Waals surface area contributed by atoms with Gasteiger partial charge in [-0.25, -0.2) is 0 Å². The number of nitrogens with two attached hydrogens (primary N) is 1. The average molecular weight is 204 g/mol. The summed E-state index contributed by atoms with van der Waals surface area (Å²) in [4.78, 5) is 10.7. The molecule has 0 atom stereocenters. The maximum absolute atomic E-state index is 10.7. The molecule has 0 aliphatic carbocycles. The molecular formula is C9H20N2O3. The van der Waals surface area contributed by atoms with Crippen molar-refractivity contribution in [1.29, 1.82) is 0 Å². The third kappa shape index (κ3) is 9.44. The van der Waals surface area contributed by atoms with Gasteiger partial charge in [0.2, 0.25) is 5.91 Å². The van der Waals surface area contributed by atoms with E-state index in [0.717, 1.165) is 12.8 Å². The minimum atomic E-state index is -0.106. The molecule has 0 aromatic rings. The van der Waals surface area contributed by atoms with Gasteiger partial charge in [-0.3, -0.25) is 4.79 Å². The predicted octanol–water partition coefficient (Wildman–Crippen LogP) is -0.495. The number of unbranched alkanes of at least 4 members (excludes halogenated alkanes) is 1. The summed E-state index contributed by atoms with van der Waals surface area (Å²) < 4.78 is 10.1. The summed E-state index contributed by atoms with van der Waals surface area (Å²) in [5.41, 5.74) is 5.12. The smallest absolute Gasteiger partial charge is 0.233 e. The first-order valence-electron chi connectivity index (χ1n) is 4.84. The third-order valence-electron chi connectivity index (χ3n) is 1.65. The summed E-state index contributed by atoms with van der Waals surface area (Å²) in [5.74, 6) is -0.106. The Morgan fingerprint density at radius 1 is 1.29 bits per heavy atom. The maximum atomic E-state index is 10.7. The second-order valence-electron chi connectivity index (χ2n) is 2.87. The van der Waals surface area contributed by atoms with E-state index in [-0.39, 0.29) is 12.5 Å². The highest BCUT2D eigenvalue weighted by atomic mass is 16.5. The molecule has 0 saturated heterocycles. The Morgan fingerprint density at radius 3 is 2.71 bits per heavy atom. The molecule has 1 amide bonds. The van der Waals surface area contributed by atoms with E-state index >= 15 is 0 Å². The van der Waals surface area contributed by atoms with Crippen molar-refractivity contribution in [3.63, 3.8) is 0 Å². The number of methoxy groups -OCH3 is 1. The maximum Gasteiger partial charge on any atom is 0.233 e. The molecular weight excluding hydrogens is 184 g/mol. The molecule has 0 spiro atoms. The number of carbonyl (C=O) groups is 1. The van der Waals surface area contributed by atoms with Gasteiger partial charge in [0.15, 0.2) is 0 Å². The van der Waals surface area contributed by atoms with E-state index in [1.165, 1.54) is 0 Å². The molecule has 5 heteroatoms. The SMILES string of the molecule is COCCOCCCCNC(=O)CN. The van der Waals surface area contributed by atoms with Gasteiger partial charge in [-0.1, -0.05) is 0 Å². The van der Waals surface area contributed by atoms with Gasteiger partial charge in [-0.05, 0) is 12.8 Å². The van der Waals surface area contributed by atoms with Crippen LogP contribution in [0.4, 0.5) is 0 Å². The standard InChI is InChI=1S/C9H20N2O3/c1-13-6-7-14-5-3-2-4-11-9(12)8-10/h2-8,10H2,1H3,(H,11,12). The highest BCUT2D eigenvalue weighted by Crippen LogP contribution is 1.88. The van der Waals surface area contributed by atoms with Gasteiger partial charge in [-0.2, -0.15) is 0 Å². The van der Waals surface area contributed by atoms with Crippen LogP contribution in [0.5, 0.6) is 0 Å². The molecule has 0 saturated carbocycles. The summed E-state index contributed by atoms with van der Waals surface area (Å²) in [5, 5.41) is 2.69.